The number of hydrogen-bond acceptors (Lipinski definition) is 4. The van der Waals surface area contributed by atoms with E-state index in [-0.39, 0.29) is 17.1 Å². The maximum atomic E-state index is 12.8. The summed E-state index contributed by atoms with van der Waals surface area (Å²) in [5.41, 5.74) is 4.38. The third-order valence-corrected chi connectivity index (χ3v) is 5.21. The second-order valence-corrected chi connectivity index (χ2v) is 7.80. The van der Waals surface area contributed by atoms with Gasteiger partial charge in [0.15, 0.2) is 11.2 Å². The van der Waals surface area contributed by atoms with Crippen molar-refractivity contribution >= 4 is 23.3 Å². The Hall–Kier alpha value is -3.28. The second kappa shape index (κ2) is 8.61. The number of hydrogen-bond donors (Lipinski definition) is 0. The van der Waals surface area contributed by atoms with Crippen molar-refractivity contribution < 1.29 is 0 Å². The molecule has 0 N–H and O–H groups in total. The van der Waals surface area contributed by atoms with Crippen molar-refractivity contribution in [3.05, 3.63) is 80.3 Å². The normalized spacial score (nSPS) is 11.2. The van der Waals surface area contributed by atoms with Gasteiger partial charge in [0.05, 0.1) is 11.4 Å². The summed E-state index contributed by atoms with van der Waals surface area (Å²) in [6, 6.07) is 5.99. The van der Waals surface area contributed by atoms with E-state index in [1.165, 1.54) is 7.05 Å². The highest BCUT2D eigenvalue weighted by Gasteiger charge is 2.18. The van der Waals surface area contributed by atoms with E-state index in [0.717, 1.165) is 32.6 Å². The fourth-order valence-corrected chi connectivity index (χ4v) is 3.69. The summed E-state index contributed by atoms with van der Waals surface area (Å²) in [5.74, 6) is 0.219. The zero-order valence-electron chi connectivity index (χ0n) is 18.1. The van der Waals surface area contributed by atoms with Crippen LogP contribution in [0.2, 0.25) is 0 Å². The number of fused-ring (bicyclic) bond motifs is 1. The van der Waals surface area contributed by atoms with Crippen LogP contribution in [0.5, 0.6) is 0 Å². The fourth-order valence-electron chi connectivity index (χ4n) is 3.69. The Morgan fingerprint density at radius 1 is 1.10 bits per heavy atom. The smallest absolute Gasteiger partial charge is 0.276 e. The average Bonchev–Trinajstić information content (AvgIpc) is 2.74. The molecule has 0 radical (unpaired) electrons. The predicted octanol–water partition coefficient (Wildman–Crippen LogP) is 3.59. The lowest BCUT2D eigenvalue weighted by Crippen LogP contribution is -2.40. The van der Waals surface area contributed by atoms with Crippen molar-refractivity contribution in [3.8, 4) is 0 Å². The van der Waals surface area contributed by atoms with Gasteiger partial charge in [-0.15, -0.1) is 0 Å². The van der Waals surface area contributed by atoms with Crippen LogP contribution >= 0.6 is 0 Å². The van der Waals surface area contributed by atoms with Crippen LogP contribution in [-0.4, -0.2) is 19.1 Å². The van der Waals surface area contributed by atoms with Gasteiger partial charge in [-0.2, -0.15) is 0 Å². The van der Waals surface area contributed by atoms with Crippen LogP contribution in [0.1, 0.15) is 48.8 Å². The first-order valence-corrected chi connectivity index (χ1v) is 10.2. The summed E-state index contributed by atoms with van der Waals surface area (Å²) in [5, 5.41) is 0. The van der Waals surface area contributed by atoms with Gasteiger partial charge in [0.25, 0.3) is 5.56 Å². The van der Waals surface area contributed by atoms with E-state index >= 15 is 0 Å². The van der Waals surface area contributed by atoms with Crippen molar-refractivity contribution in [2.24, 2.45) is 13.0 Å². The van der Waals surface area contributed by atoms with E-state index in [2.05, 4.69) is 18.1 Å². The molecule has 2 heterocycles. The van der Waals surface area contributed by atoms with Crippen LogP contribution in [0.3, 0.4) is 0 Å². The molecule has 0 saturated heterocycles. The summed E-state index contributed by atoms with van der Waals surface area (Å²) in [6.07, 6.45) is 4.78. The SMILES string of the molecule is C=Cc1cccc(Cc2nc3c(nc2CC)c(=O)n(C)c(=O)n3CC(C)C)c1C=C. The van der Waals surface area contributed by atoms with Gasteiger partial charge in [-0.1, -0.05) is 64.3 Å². The van der Waals surface area contributed by atoms with E-state index in [1.807, 2.05) is 45.0 Å². The van der Waals surface area contributed by atoms with Crippen molar-refractivity contribution in [1.82, 2.24) is 19.1 Å². The molecule has 0 spiro atoms. The molecule has 0 unspecified atom stereocenters. The number of aryl methyl sites for hydroxylation is 1. The molecule has 3 rings (SSSR count). The Labute approximate surface area is 176 Å². The summed E-state index contributed by atoms with van der Waals surface area (Å²) in [7, 11) is 1.49. The Kier molecular flexibility index (Phi) is 6.15. The topological polar surface area (TPSA) is 69.8 Å². The third-order valence-electron chi connectivity index (χ3n) is 5.21. The molecule has 0 aliphatic carbocycles. The molecule has 1 aromatic carbocycles. The highest BCUT2D eigenvalue weighted by atomic mass is 16.2. The van der Waals surface area contributed by atoms with E-state index < -0.39 is 5.56 Å². The lowest BCUT2D eigenvalue weighted by atomic mass is 9.96. The molecule has 30 heavy (non-hydrogen) atoms. The van der Waals surface area contributed by atoms with E-state index in [1.54, 1.807) is 10.6 Å². The first-order valence-electron chi connectivity index (χ1n) is 10.2. The Bertz CT molecular complexity index is 1250. The van der Waals surface area contributed by atoms with Gasteiger partial charge in [0, 0.05) is 20.0 Å². The summed E-state index contributed by atoms with van der Waals surface area (Å²) < 4.78 is 2.67. The van der Waals surface area contributed by atoms with Crippen LogP contribution in [0.25, 0.3) is 23.3 Å². The predicted molar refractivity (Wildman–Crippen MR) is 123 cm³/mol. The maximum Gasteiger partial charge on any atom is 0.332 e. The van der Waals surface area contributed by atoms with Gasteiger partial charge in [0.1, 0.15) is 0 Å². The quantitative estimate of drug-likeness (QED) is 0.603. The molecule has 2 aromatic heterocycles. The van der Waals surface area contributed by atoms with Gasteiger partial charge in [-0.25, -0.2) is 14.8 Å². The minimum Gasteiger partial charge on any atom is -0.276 e. The van der Waals surface area contributed by atoms with E-state index in [0.29, 0.717) is 25.0 Å². The molecule has 0 bridgehead atoms. The highest BCUT2D eigenvalue weighted by Crippen LogP contribution is 2.22. The molecule has 6 nitrogen and oxygen atoms in total. The van der Waals surface area contributed by atoms with Gasteiger partial charge in [0.2, 0.25) is 0 Å². The van der Waals surface area contributed by atoms with Crippen LogP contribution < -0.4 is 11.2 Å². The molecular formula is C24H28N4O2. The largest absolute Gasteiger partial charge is 0.332 e. The standard InChI is InChI=1S/C24H28N4O2/c1-7-16-11-10-12-17(18(16)8-2)13-20-19(9-3)25-21-22(26-20)28(14-15(4)5)24(30)27(6)23(21)29/h7-8,10-12,15H,1-2,9,13-14H2,3-6H3. The number of rotatable bonds is 7. The highest BCUT2D eigenvalue weighted by molar-refractivity contribution is 5.70. The molecule has 156 valence electrons. The van der Waals surface area contributed by atoms with Crippen molar-refractivity contribution in [2.45, 2.75) is 40.2 Å². The van der Waals surface area contributed by atoms with Gasteiger partial charge >= 0.3 is 5.69 Å². The molecule has 0 fully saturated rings. The minimum absolute atomic E-state index is 0.219. The molecular weight excluding hydrogens is 376 g/mol. The monoisotopic (exact) mass is 404 g/mol. The minimum atomic E-state index is -0.413. The fraction of sp³-hybridized carbons (Fsp3) is 0.333. The first-order chi connectivity index (χ1) is 14.3. The van der Waals surface area contributed by atoms with Crippen molar-refractivity contribution in [2.75, 3.05) is 0 Å². The van der Waals surface area contributed by atoms with Crippen LogP contribution in [0.15, 0.2) is 40.9 Å². The molecule has 0 aliphatic heterocycles. The van der Waals surface area contributed by atoms with Gasteiger partial charge in [-0.05, 0) is 29.0 Å². The molecule has 3 aromatic rings. The summed E-state index contributed by atoms with van der Waals surface area (Å²) >= 11 is 0. The number of benzene rings is 1. The summed E-state index contributed by atoms with van der Waals surface area (Å²) in [6.45, 7) is 14.3. The summed E-state index contributed by atoms with van der Waals surface area (Å²) in [4.78, 5) is 35.0. The Morgan fingerprint density at radius 3 is 2.43 bits per heavy atom. The zero-order valence-corrected chi connectivity index (χ0v) is 18.1. The Morgan fingerprint density at radius 2 is 1.83 bits per heavy atom. The van der Waals surface area contributed by atoms with Crippen LogP contribution in [-0.2, 0) is 26.4 Å². The second-order valence-electron chi connectivity index (χ2n) is 7.80. The third kappa shape index (κ3) is 3.77. The number of nitrogens with zero attached hydrogens (tertiary/aromatic N) is 4. The van der Waals surface area contributed by atoms with E-state index in [4.69, 9.17) is 4.98 Å². The zero-order chi connectivity index (χ0) is 22.0. The number of aromatic nitrogens is 4. The van der Waals surface area contributed by atoms with Crippen molar-refractivity contribution in [1.29, 1.82) is 0 Å². The lowest BCUT2D eigenvalue weighted by molar-refractivity contribution is 0.498. The molecule has 0 atom stereocenters. The van der Waals surface area contributed by atoms with Crippen LogP contribution in [0.4, 0.5) is 0 Å². The molecule has 0 aliphatic rings. The lowest BCUT2D eigenvalue weighted by Gasteiger charge is -2.16. The van der Waals surface area contributed by atoms with Crippen molar-refractivity contribution in [3.63, 3.8) is 0 Å². The maximum absolute atomic E-state index is 12.8. The molecule has 6 heteroatoms. The van der Waals surface area contributed by atoms with Gasteiger partial charge < -0.3 is 0 Å². The molecule has 0 amide bonds. The average molecular weight is 405 g/mol. The van der Waals surface area contributed by atoms with Gasteiger partial charge in [-0.3, -0.25) is 13.9 Å². The molecule has 0 saturated carbocycles. The Balaban J connectivity index is 2.30. The first kappa shape index (κ1) is 21.4. The van der Waals surface area contributed by atoms with E-state index in [9.17, 15) is 9.59 Å². The van der Waals surface area contributed by atoms with Crippen LogP contribution in [0, 0.1) is 5.92 Å².